The predicted octanol–water partition coefficient (Wildman–Crippen LogP) is 3.34. The van der Waals surface area contributed by atoms with Gasteiger partial charge in [0.2, 0.25) is 0 Å². The van der Waals surface area contributed by atoms with Crippen molar-refractivity contribution in [1.29, 1.82) is 0 Å². The molecule has 0 aromatic rings. The van der Waals surface area contributed by atoms with Gasteiger partial charge in [0.15, 0.2) is 0 Å². The van der Waals surface area contributed by atoms with Crippen molar-refractivity contribution >= 4 is 10.1 Å². The van der Waals surface area contributed by atoms with E-state index in [1.165, 1.54) is 13.0 Å². The fraction of sp³-hybridized carbons (Fsp3) is 0.778. The van der Waals surface area contributed by atoms with Gasteiger partial charge in [-0.05, 0) is 18.9 Å². The van der Waals surface area contributed by atoms with E-state index < -0.39 is 15.6 Å². The summed E-state index contributed by atoms with van der Waals surface area (Å²) in [6.07, 6.45) is 3.65. The van der Waals surface area contributed by atoms with Gasteiger partial charge in [-0.3, -0.25) is 0 Å². The normalized spacial score (nSPS) is 13.9. The van der Waals surface area contributed by atoms with E-state index in [1.54, 1.807) is 0 Å². The lowest BCUT2D eigenvalue weighted by Crippen LogP contribution is -2.25. The lowest BCUT2D eigenvalue weighted by Gasteiger charge is -2.11. The lowest BCUT2D eigenvalue weighted by molar-refractivity contribution is -0.0523. The zero-order valence-electron chi connectivity index (χ0n) is 9.17. The first-order valence-corrected chi connectivity index (χ1v) is 6.35. The molecule has 0 bridgehead atoms. The molecule has 0 heterocycles. The van der Waals surface area contributed by atoms with Crippen molar-refractivity contribution in [3.63, 3.8) is 0 Å². The van der Waals surface area contributed by atoms with E-state index in [0.717, 1.165) is 12.8 Å². The number of halogens is 3. The van der Waals surface area contributed by atoms with Crippen molar-refractivity contribution in [2.24, 2.45) is 0 Å². The zero-order chi connectivity index (χ0) is 12.8. The van der Waals surface area contributed by atoms with Crippen LogP contribution in [0.3, 0.4) is 0 Å². The fourth-order valence-electron chi connectivity index (χ4n) is 0.893. The average molecular weight is 260 g/mol. The monoisotopic (exact) mass is 260 g/mol. The third-order valence-corrected chi connectivity index (χ3v) is 2.78. The van der Waals surface area contributed by atoms with E-state index in [-0.39, 0.29) is 12.2 Å². The minimum atomic E-state index is -5.51. The predicted molar refractivity (Wildman–Crippen MR) is 54.0 cm³/mol. The van der Waals surface area contributed by atoms with Gasteiger partial charge in [-0.1, -0.05) is 20.3 Å². The Morgan fingerprint density at radius 2 is 1.88 bits per heavy atom. The number of unbranched alkanes of at least 4 members (excludes halogenated alkanes) is 2. The Hall–Kier alpha value is -0.720. The number of hydrogen-bond donors (Lipinski definition) is 0. The standard InChI is InChI=1S/C9H15F3O3S/c1-3-5-6-7-8(4-2)15-16(13,14)9(10,11)12/h7H,3-6H2,1-2H3. The number of allylic oxidation sites excluding steroid dienone is 2. The van der Waals surface area contributed by atoms with Gasteiger partial charge in [-0.2, -0.15) is 21.6 Å². The van der Waals surface area contributed by atoms with Gasteiger partial charge in [-0.15, -0.1) is 0 Å². The van der Waals surface area contributed by atoms with Crippen molar-refractivity contribution in [1.82, 2.24) is 0 Å². The second kappa shape index (κ2) is 6.12. The molecule has 7 heteroatoms. The van der Waals surface area contributed by atoms with Crippen molar-refractivity contribution in [3.05, 3.63) is 11.8 Å². The molecule has 0 radical (unpaired) electrons. The molecule has 0 aliphatic carbocycles. The van der Waals surface area contributed by atoms with E-state index in [1.807, 2.05) is 6.92 Å². The maximum atomic E-state index is 12.0. The average Bonchev–Trinajstić information content (AvgIpc) is 2.14. The van der Waals surface area contributed by atoms with Crippen LogP contribution >= 0.6 is 0 Å². The highest BCUT2D eigenvalue weighted by atomic mass is 32.2. The van der Waals surface area contributed by atoms with Crippen LogP contribution in [-0.4, -0.2) is 13.9 Å². The summed E-state index contributed by atoms with van der Waals surface area (Å²) in [5.74, 6) is -0.161. The Bertz CT molecular complexity index is 330. The molecular formula is C9H15F3O3S. The molecule has 0 unspecified atom stereocenters. The van der Waals surface area contributed by atoms with E-state index in [9.17, 15) is 21.6 Å². The molecule has 0 aliphatic rings. The van der Waals surface area contributed by atoms with Crippen LogP contribution in [0.2, 0.25) is 0 Å². The van der Waals surface area contributed by atoms with Crippen LogP contribution in [0.4, 0.5) is 13.2 Å². The molecule has 96 valence electrons. The summed E-state index contributed by atoms with van der Waals surface area (Å²) in [5, 5.41) is 0. The molecule has 0 saturated heterocycles. The third-order valence-electron chi connectivity index (χ3n) is 1.78. The summed E-state index contributed by atoms with van der Waals surface area (Å²) >= 11 is 0. The summed E-state index contributed by atoms with van der Waals surface area (Å²) in [7, 11) is -5.51. The summed E-state index contributed by atoms with van der Waals surface area (Å²) in [6, 6.07) is 0. The molecule has 0 N–H and O–H groups in total. The molecule has 0 aromatic carbocycles. The molecular weight excluding hydrogens is 245 g/mol. The summed E-state index contributed by atoms with van der Waals surface area (Å²) in [6.45, 7) is 3.45. The maximum Gasteiger partial charge on any atom is 0.534 e. The molecule has 0 spiro atoms. The first kappa shape index (κ1) is 15.3. The highest BCUT2D eigenvalue weighted by molar-refractivity contribution is 7.87. The number of hydrogen-bond acceptors (Lipinski definition) is 3. The van der Waals surface area contributed by atoms with Crippen LogP contribution in [0, 0.1) is 0 Å². The van der Waals surface area contributed by atoms with Gasteiger partial charge < -0.3 is 4.18 Å². The van der Waals surface area contributed by atoms with Gasteiger partial charge in [0.05, 0.1) is 0 Å². The second-order valence-corrected chi connectivity index (χ2v) is 4.69. The van der Waals surface area contributed by atoms with E-state index in [4.69, 9.17) is 0 Å². The van der Waals surface area contributed by atoms with Crippen LogP contribution in [0.5, 0.6) is 0 Å². The molecule has 0 atom stereocenters. The lowest BCUT2D eigenvalue weighted by atomic mass is 10.2. The molecule has 0 saturated carbocycles. The minimum absolute atomic E-state index is 0.110. The SMILES string of the molecule is CCCCC=C(CC)OS(=O)(=O)C(F)(F)F. The summed E-state index contributed by atoms with van der Waals surface area (Å²) < 4.78 is 61.3. The molecule has 0 amide bonds. The zero-order valence-corrected chi connectivity index (χ0v) is 9.99. The number of alkyl halides is 3. The second-order valence-electron chi connectivity index (χ2n) is 3.15. The maximum absolute atomic E-state index is 12.0. The van der Waals surface area contributed by atoms with Crippen molar-refractivity contribution in [3.8, 4) is 0 Å². The molecule has 0 rings (SSSR count). The molecule has 0 aliphatic heterocycles. The third kappa shape index (κ3) is 4.87. The summed E-state index contributed by atoms with van der Waals surface area (Å²) in [4.78, 5) is 0. The van der Waals surface area contributed by atoms with Crippen LogP contribution in [0.15, 0.2) is 11.8 Å². The van der Waals surface area contributed by atoms with Crippen LogP contribution in [0.25, 0.3) is 0 Å². The molecule has 0 aromatic heterocycles. The first-order chi connectivity index (χ1) is 7.24. The Kier molecular flexibility index (Phi) is 5.85. The van der Waals surface area contributed by atoms with Crippen LogP contribution < -0.4 is 0 Å². The van der Waals surface area contributed by atoms with Crippen molar-refractivity contribution in [2.75, 3.05) is 0 Å². The fourth-order valence-corrected chi connectivity index (χ4v) is 1.45. The van der Waals surface area contributed by atoms with Gasteiger partial charge >= 0.3 is 15.6 Å². The van der Waals surface area contributed by atoms with E-state index in [0.29, 0.717) is 6.42 Å². The van der Waals surface area contributed by atoms with E-state index in [2.05, 4.69) is 4.18 Å². The van der Waals surface area contributed by atoms with Crippen molar-refractivity contribution < 1.29 is 25.8 Å². The van der Waals surface area contributed by atoms with Gasteiger partial charge in [-0.25, -0.2) is 0 Å². The van der Waals surface area contributed by atoms with Crippen LogP contribution in [0.1, 0.15) is 39.5 Å². The van der Waals surface area contributed by atoms with Gasteiger partial charge in [0, 0.05) is 6.42 Å². The number of rotatable bonds is 6. The smallest absolute Gasteiger partial charge is 0.381 e. The Morgan fingerprint density at radius 3 is 2.25 bits per heavy atom. The highest BCUT2D eigenvalue weighted by Gasteiger charge is 2.48. The van der Waals surface area contributed by atoms with Gasteiger partial charge in [0.25, 0.3) is 0 Å². The Balaban J connectivity index is 4.62. The van der Waals surface area contributed by atoms with Crippen molar-refractivity contribution in [2.45, 2.75) is 45.0 Å². The van der Waals surface area contributed by atoms with Crippen LogP contribution in [-0.2, 0) is 14.3 Å². The van der Waals surface area contributed by atoms with Gasteiger partial charge in [0.1, 0.15) is 5.76 Å². The molecule has 0 fully saturated rings. The highest BCUT2D eigenvalue weighted by Crippen LogP contribution is 2.27. The first-order valence-electron chi connectivity index (χ1n) is 4.94. The summed E-state index contributed by atoms with van der Waals surface area (Å²) in [5.41, 5.74) is -5.37. The Labute approximate surface area is 93.4 Å². The van der Waals surface area contributed by atoms with E-state index >= 15 is 0 Å². The molecule has 3 nitrogen and oxygen atoms in total. The minimum Gasteiger partial charge on any atom is -0.381 e. The largest absolute Gasteiger partial charge is 0.534 e. The quantitative estimate of drug-likeness (QED) is 0.318. The topological polar surface area (TPSA) is 43.4 Å². The Morgan fingerprint density at radius 1 is 1.31 bits per heavy atom. The molecule has 16 heavy (non-hydrogen) atoms.